The molecule has 0 aliphatic heterocycles. The second kappa shape index (κ2) is 11.9. The first-order valence-electron chi connectivity index (χ1n) is 9.18. The Hall–Kier alpha value is -3.11. The van der Waals surface area contributed by atoms with Gasteiger partial charge >= 0.3 is 0 Å². The summed E-state index contributed by atoms with van der Waals surface area (Å²) in [7, 11) is 0. The number of hydrogen-bond donors (Lipinski definition) is 3. The molecule has 0 heterocycles. The Morgan fingerprint density at radius 1 is 1.13 bits per heavy atom. The van der Waals surface area contributed by atoms with Gasteiger partial charge in [-0.2, -0.15) is 11.8 Å². The van der Waals surface area contributed by atoms with Crippen molar-refractivity contribution in [3.8, 4) is 0 Å². The Balaban J connectivity index is 2.00. The van der Waals surface area contributed by atoms with Gasteiger partial charge < -0.3 is 5.32 Å². The van der Waals surface area contributed by atoms with Crippen LogP contribution in [0.4, 0.5) is 5.69 Å². The van der Waals surface area contributed by atoms with E-state index in [1.807, 2.05) is 12.3 Å². The Morgan fingerprint density at radius 3 is 2.48 bits per heavy atom. The lowest BCUT2D eigenvalue weighted by Gasteiger charge is -2.18. The third-order valence-electron chi connectivity index (χ3n) is 4.17. The molecule has 1 unspecified atom stereocenters. The summed E-state index contributed by atoms with van der Waals surface area (Å²) >= 11 is 7.25. The molecule has 0 aromatic heterocycles. The average molecular weight is 465 g/mol. The third-order valence-corrected chi connectivity index (χ3v) is 5.13. The fourth-order valence-electron chi connectivity index (χ4n) is 2.58. The van der Waals surface area contributed by atoms with Gasteiger partial charge in [0.1, 0.15) is 11.1 Å². The van der Waals surface area contributed by atoms with Crippen molar-refractivity contribution in [2.75, 3.05) is 12.0 Å². The molecule has 2 aromatic rings. The smallest absolute Gasteiger partial charge is 0.288 e. The summed E-state index contributed by atoms with van der Waals surface area (Å²) in [4.78, 5) is 47.4. The van der Waals surface area contributed by atoms with Gasteiger partial charge in [0, 0.05) is 11.6 Å². The number of rotatable bonds is 9. The predicted octanol–water partition coefficient (Wildman–Crippen LogP) is 2.49. The van der Waals surface area contributed by atoms with Crippen LogP contribution in [0.1, 0.15) is 22.3 Å². The summed E-state index contributed by atoms with van der Waals surface area (Å²) in [5.41, 5.74) is 5.01. The lowest BCUT2D eigenvalue weighted by atomic mass is 10.1. The zero-order chi connectivity index (χ0) is 22.8. The summed E-state index contributed by atoms with van der Waals surface area (Å²) in [6.07, 6.45) is 2.22. The highest BCUT2D eigenvalue weighted by Gasteiger charge is 2.23. The average Bonchev–Trinajstić information content (AvgIpc) is 2.75. The minimum absolute atomic E-state index is 0.00818. The van der Waals surface area contributed by atoms with Crippen LogP contribution in [0.5, 0.6) is 0 Å². The van der Waals surface area contributed by atoms with Gasteiger partial charge in [-0.1, -0.05) is 41.9 Å². The number of carbonyl (C=O) groups is 3. The van der Waals surface area contributed by atoms with Crippen molar-refractivity contribution in [1.29, 1.82) is 0 Å². The van der Waals surface area contributed by atoms with Gasteiger partial charge in [-0.15, -0.1) is 0 Å². The van der Waals surface area contributed by atoms with Crippen molar-refractivity contribution >= 4 is 46.8 Å². The third kappa shape index (κ3) is 7.58. The zero-order valence-corrected chi connectivity index (χ0v) is 18.2. The highest BCUT2D eigenvalue weighted by Crippen LogP contribution is 2.25. The van der Waals surface area contributed by atoms with E-state index < -0.39 is 34.4 Å². The van der Waals surface area contributed by atoms with Gasteiger partial charge in [-0.05, 0) is 36.1 Å². The van der Waals surface area contributed by atoms with Crippen molar-refractivity contribution in [3.63, 3.8) is 0 Å². The van der Waals surface area contributed by atoms with E-state index in [0.717, 1.165) is 11.6 Å². The number of halogens is 1. The van der Waals surface area contributed by atoms with Gasteiger partial charge in [0.25, 0.3) is 17.5 Å². The van der Waals surface area contributed by atoms with Crippen LogP contribution >= 0.6 is 23.4 Å². The van der Waals surface area contributed by atoms with E-state index >= 15 is 0 Å². The molecular formula is C20H21ClN4O5S. The fraction of sp³-hybridized carbons (Fsp3) is 0.250. The number of nitrogens with zero attached hydrogens (tertiary/aromatic N) is 1. The zero-order valence-electron chi connectivity index (χ0n) is 16.6. The quantitative estimate of drug-likeness (QED) is 0.386. The molecule has 0 saturated carbocycles. The van der Waals surface area contributed by atoms with Crippen molar-refractivity contribution in [2.24, 2.45) is 0 Å². The standard InChI is InChI=1S/C20H21ClN4O5S/c1-31-10-9-16(20(28)24-23-18(26)11-13-5-3-2-4-6-13)22-19(27)14-7-8-15(21)17(12-14)25(29)30/h2-8,12,16H,9-11H2,1H3,(H,22,27)(H,23,26)(H,24,28). The van der Waals surface area contributed by atoms with Crippen LogP contribution in [-0.4, -0.2) is 40.7 Å². The lowest BCUT2D eigenvalue weighted by molar-refractivity contribution is -0.384. The molecule has 2 aromatic carbocycles. The van der Waals surface area contributed by atoms with Gasteiger partial charge in [0.2, 0.25) is 5.91 Å². The van der Waals surface area contributed by atoms with E-state index in [1.54, 1.807) is 24.3 Å². The van der Waals surface area contributed by atoms with E-state index in [1.165, 1.54) is 23.9 Å². The maximum Gasteiger partial charge on any atom is 0.288 e. The minimum Gasteiger partial charge on any atom is -0.340 e. The predicted molar refractivity (Wildman–Crippen MR) is 119 cm³/mol. The maximum absolute atomic E-state index is 12.5. The first kappa shape index (κ1) is 24.2. The Kier molecular flexibility index (Phi) is 9.29. The number of nitro benzene ring substituents is 1. The largest absolute Gasteiger partial charge is 0.340 e. The molecule has 3 amide bonds. The molecule has 0 saturated heterocycles. The molecule has 0 bridgehead atoms. The maximum atomic E-state index is 12.5. The van der Waals surface area contributed by atoms with Crippen molar-refractivity contribution in [1.82, 2.24) is 16.2 Å². The molecule has 0 spiro atoms. The SMILES string of the molecule is CSCCC(NC(=O)c1ccc(Cl)c([N+](=O)[O-])c1)C(=O)NNC(=O)Cc1ccccc1. The first-order valence-corrected chi connectivity index (χ1v) is 11.0. The molecule has 0 aliphatic carbocycles. The van der Waals surface area contributed by atoms with Gasteiger partial charge in [0.15, 0.2) is 0 Å². The summed E-state index contributed by atoms with van der Waals surface area (Å²) in [5.74, 6) is -1.12. The number of nitrogens with one attached hydrogen (secondary N) is 3. The van der Waals surface area contributed by atoms with Crippen LogP contribution in [0.3, 0.4) is 0 Å². The van der Waals surface area contributed by atoms with Crippen molar-refractivity contribution < 1.29 is 19.3 Å². The molecule has 2 rings (SSSR count). The molecule has 31 heavy (non-hydrogen) atoms. The molecule has 11 heteroatoms. The fourth-order valence-corrected chi connectivity index (χ4v) is 3.24. The molecule has 0 fully saturated rings. The Labute approximate surface area is 188 Å². The van der Waals surface area contributed by atoms with E-state index in [-0.39, 0.29) is 17.0 Å². The van der Waals surface area contributed by atoms with Crippen LogP contribution < -0.4 is 16.2 Å². The monoisotopic (exact) mass is 464 g/mol. The topological polar surface area (TPSA) is 130 Å². The number of hydrogen-bond acceptors (Lipinski definition) is 6. The second-order valence-corrected chi connectivity index (χ2v) is 7.82. The molecule has 164 valence electrons. The molecule has 0 aliphatic rings. The Bertz CT molecular complexity index is 958. The van der Waals surface area contributed by atoms with Crippen LogP contribution in [0, 0.1) is 10.1 Å². The summed E-state index contributed by atoms with van der Waals surface area (Å²) in [6, 6.07) is 11.7. The first-order chi connectivity index (χ1) is 14.8. The number of thioether (sulfide) groups is 1. The van der Waals surface area contributed by atoms with Gasteiger partial charge in [-0.25, -0.2) is 0 Å². The van der Waals surface area contributed by atoms with E-state index in [9.17, 15) is 24.5 Å². The molecular weight excluding hydrogens is 444 g/mol. The number of nitro groups is 1. The molecule has 1 atom stereocenters. The minimum atomic E-state index is -0.952. The van der Waals surface area contributed by atoms with Gasteiger partial charge in [0.05, 0.1) is 11.3 Å². The van der Waals surface area contributed by atoms with Gasteiger partial charge in [-0.3, -0.25) is 35.3 Å². The number of carbonyl (C=O) groups excluding carboxylic acids is 3. The van der Waals surface area contributed by atoms with E-state index in [2.05, 4.69) is 16.2 Å². The Morgan fingerprint density at radius 2 is 1.84 bits per heavy atom. The van der Waals surface area contributed by atoms with E-state index in [4.69, 9.17) is 11.6 Å². The lowest BCUT2D eigenvalue weighted by Crippen LogP contribution is -2.52. The molecule has 0 radical (unpaired) electrons. The van der Waals surface area contributed by atoms with Crippen LogP contribution in [0.15, 0.2) is 48.5 Å². The summed E-state index contributed by atoms with van der Waals surface area (Å²) in [5, 5.41) is 13.5. The van der Waals surface area contributed by atoms with Crippen LogP contribution in [0.2, 0.25) is 5.02 Å². The molecule has 3 N–H and O–H groups in total. The van der Waals surface area contributed by atoms with Crippen LogP contribution in [-0.2, 0) is 16.0 Å². The van der Waals surface area contributed by atoms with Crippen molar-refractivity contribution in [3.05, 3.63) is 74.8 Å². The highest BCUT2D eigenvalue weighted by atomic mass is 35.5. The number of benzene rings is 2. The van der Waals surface area contributed by atoms with E-state index in [0.29, 0.717) is 12.2 Å². The summed E-state index contributed by atoms with van der Waals surface area (Å²) < 4.78 is 0. The van der Waals surface area contributed by atoms with Crippen LogP contribution in [0.25, 0.3) is 0 Å². The number of hydrazine groups is 1. The summed E-state index contributed by atoms with van der Waals surface area (Å²) in [6.45, 7) is 0. The number of amides is 3. The van der Waals surface area contributed by atoms with Crippen molar-refractivity contribution in [2.45, 2.75) is 18.9 Å². The highest BCUT2D eigenvalue weighted by molar-refractivity contribution is 7.98. The normalized spacial score (nSPS) is 11.3. The molecule has 9 nitrogen and oxygen atoms in total. The second-order valence-electron chi connectivity index (χ2n) is 6.43.